The Morgan fingerprint density at radius 2 is 1.44 bits per heavy atom. The summed E-state index contributed by atoms with van der Waals surface area (Å²) in [6, 6.07) is 24.2. The highest BCUT2D eigenvalue weighted by Crippen LogP contribution is 2.56. The normalized spacial score (nSPS) is 14.6. The average molecular weight is 459 g/mol. The Morgan fingerprint density at radius 1 is 0.882 bits per heavy atom. The van der Waals surface area contributed by atoms with E-state index in [9.17, 15) is 8.78 Å². The molecule has 0 bridgehead atoms. The maximum atomic E-state index is 14.1. The van der Waals surface area contributed by atoms with E-state index in [-0.39, 0.29) is 0 Å². The maximum absolute atomic E-state index is 14.1. The van der Waals surface area contributed by atoms with Gasteiger partial charge in [-0.25, -0.2) is 8.78 Å². The molecule has 4 heteroatoms. The van der Waals surface area contributed by atoms with Gasteiger partial charge < -0.3 is 9.47 Å². The van der Waals surface area contributed by atoms with Crippen molar-refractivity contribution in [2.24, 2.45) is 0 Å². The highest BCUT2D eigenvalue weighted by Gasteiger charge is 2.46. The highest BCUT2D eigenvalue weighted by atomic mass is 19.3. The second kappa shape index (κ2) is 9.30. The van der Waals surface area contributed by atoms with E-state index in [4.69, 9.17) is 9.47 Å². The number of hydrogen-bond donors (Lipinski definition) is 0. The van der Waals surface area contributed by atoms with E-state index in [0.29, 0.717) is 5.76 Å². The third kappa shape index (κ3) is 4.16. The molecule has 0 radical (unpaired) electrons. The van der Waals surface area contributed by atoms with Gasteiger partial charge in [-0.15, -0.1) is 0 Å². The van der Waals surface area contributed by atoms with Gasteiger partial charge in [0.2, 0.25) is 5.92 Å². The first-order chi connectivity index (χ1) is 16.3. The first kappa shape index (κ1) is 23.5. The second-order valence-electron chi connectivity index (χ2n) is 8.51. The highest BCUT2D eigenvalue weighted by molar-refractivity contribution is 5.86. The molecule has 0 aliphatic heterocycles. The van der Waals surface area contributed by atoms with E-state index in [1.54, 1.807) is 19.3 Å². The summed E-state index contributed by atoms with van der Waals surface area (Å²) in [5.74, 6) is -1.68. The summed E-state index contributed by atoms with van der Waals surface area (Å²) in [4.78, 5) is 0. The predicted octanol–water partition coefficient (Wildman–Crippen LogP) is 7.70. The largest absolute Gasteiger partial charge is 0.497 e. The Morgan fingerprint density at radius 3 is 1.94 bits per heavy atom. The van der Waals surface area contributed by atoms with Gasteiger partial charge in [0.05, 0.1) is 19.6 Å². The first-order valence-electron chi connectivity index (χ1n) is 11.1. The van der Waals surface area contributed by atoms with Gasteiger partial charge >= 0.3 is 0 Å². The van der Waals surface area contributed by atoms with Gasteiger partial charge in [0.25, 0.3) is 0 Å². The molecule has 4 rings (SSSR count). The lowest BCUT2D eigenvalue weighted by Gasteiger charge is -2.35. The number of fused-ring (bicyclic) bond motifs is 3. The van der Waals surface area contributed by atoms with Gasteiger partial charge in [0.15, 0.2) is 0 Å². The molecule has 3 aromatic carbocycles. The van der Waals surface area contributed by atoms with Gasteiger partial charge in [-0.3, -0.25) is 0 Å². The minimum Gasteiger partial charge on any atom is -0.497 e. The Hall–Kier alpha value is -3.66. The molecule has 0 heterocycles. The number of alkyl halides is 2. The molecule has 0 atom stereocenters. The molecule has 34 heavy (non-hydrogen) atoms. The van der Waals surface area contributed by atoms with E-state index >= 15 is 0 Å². The molecule has 0 fully saturated rings. The topological polar surface area (TPSA) is 18.5 Å². The molecule has 0 spiro atoms. The van der Waals surface area contributed by atoms with Crippen LogP contribution in [0.3, 0.4) is 0 Å². The van der Waals surface area contributed by atoms with E-state index in [1.165, 1.54) is 7.11 Å². The van der Waals surface area contributed by atoms with Crippen LogP contribution in [-0.4, -0.2) is 20.1 Å². The quantitative estimate of drug-likeness (QED) is 0.254. The zero-order valence-corrected chi connectivity index (χ0v) is 19.6. The summed E-state index contributed by atoms with van der Waals surface area (Å²) in [7, 11) is 3.16. The number of rotatable bonds is 8. The minimum atomic E-state index is -2.85. The molecule has 3 aromatic rings. The Bertz CT molecular complexity index is 1200. The smallest absolute Gasteiger partial charge is 0.248 e. The summed E-state index contributed by atoms with van der Waals surface area (Å²) in [5, 5.41) is 0. The van der Waals surface area contributed by atoms with Crippen LogP contribution in [0.4, 0.5) is 8.78 Å². The van der Waals surface area contributed by atoms with Crippen molar-refractivity contribution in [1.82, 2.24) is 0 Å². The zero-order valence-electron chi connectivity index (χ0n) is 19.6. The molecule has 0 aromatic heterocycles. The SMILES string of the molecule is C=C(/C=C\C(=C/CC(C)(F)F)C1(c2ccc(OC)cc2)c2ccccc2-c2ccccc21)OC. The van der Waals surface area contributed by atoms with Crippen molar-refractivity contribution in [1.29, 1.82) is 0 Å². The van der Waals surface area contributed by atoms with Crippen molar-refractivity contribution in [3.8, 4) is 16.9 Å². The zero-order chi connectivity index (χ0) is 24.3. The minimum absolute atomic E-state index is 0.394. The first-order valence-corrected chi connectivity index (χ1v) is 11.1. The van der Waals surface area contributed by atoms with Crippen LogP contribution in [-0.2, 0) is 10.2 Å². The fraction of sp³-hybridized carbons (Fsp3) is 0.200. The lowest BCUT2D eigenvalue weighted by molar-refractivity contribution is 0.0252. The third-order valence-electron chi connectivity index (χ3n) is 6.30. The number of halogens is 2. The number of allylic oxidation sites excluding steroid dienone is 4. The molecule has 0 amide bonds. The van der Waals surface area contributed by atoms with Crippen LogP contribution in [0, 0.1) is 0 Å². The lowest BCUT2D eigenvalue weighted by atomic mass is 9.66. The van der Waals surface area contributed by atoms with Gasteiger partial charge in [0, 0.05) is 6.42 Å². The van der Waals surface area contributed by atoms with Crippen LogP contribution < -0.4 is 4.74 Å². The number of benzene rings is 3. The lowest BCUT2D eigenvalue weighted by Crippen LogP contribution is -2.29. The van der Waals surface area contributed by atoms with Crippen molar-refractivity contribution in [2.45, 2.75) is 24.7 Å². The van der Waals surface area contributed by atoms with Crippen molar-refractivity contribution in [3.63, 3.8) is 0 Å². The molecule has 0 saturated heterocycles. The number of ether oxygens (including phenoxy) is 2. The van der Waals surface area contributed by atoms with Gasteiger partial charge in [0.1, 0.15) is 11.5 Å². The second-order valence-corrected chi connectivity index (χ2v) is 8.51. The summed E-state index contributed by atoms with van der Waals surface area (Å²) in [5.41, 5.74) is 5.15. The van der Waals surface area contributed by atoms with Crippen molar-refractivity contribution in [3.05, 3.63) is 126 Å². The average Bonchev–Trinajstić information content (AvgIpc) is 3.14. The number of methoxy groups -OCH3 is 2. The monoisotopic (exact) mass is 458 g/mol. The summed E-state index contributed by atoms with van der Waals surface area (Å²) >= 11 is 0. The van der Waals surface area contributed by atoms with Gasteiger partial charge in [-0.05, 0) is 58.5 Å². The fourth-order valence-corrected chi connectivity index (χ4v) is 4.75. The molecular formula is C30H28F2O2. The fourth-order valence-electron chi connectivity index (χ4n) is 4.75. The van der Waals surface area contributed by atoms with E-state index in [1.807, 2.05) is 54.6 Å². The molecule has 2 nitrogen and oxygen atoms in total. The summed E-state index contributed by atoms with van der Waals surface area (Å²) in [6.45, 7) is 4.83. The van der Waals surface area contributed by atoms with Crippen molar-refractivity contribution < 1.29 is 18.3 Å². The molecule has 174 valence electrons. The van der Waals surface area contributed by atoms with Crippen LogP contribution in [0.5, 0.6) is 5.75 Å². The van der Waals surface area contributed by atoms with Crippen LogP contribution in [0.1, 0.15) is 30.0 Å². The molecule has 0 unspecified atom stereocenters. The molecule has 1 aliphatic rings. The van der Waals surface area contributed by atoms with E-state index in [2.05, 4.69) is 30.8 Å². The Kier molecular flexibility index (Phi) is 6.43. The third-order valence-corrected chi connectivity index (χ3v) is 6.30. The maximum Gasteiger partial charge on any atom is 0.248 e. The molecule has 0 saturated carbocycles. The van der Waals surface area contributed by atoms with Crippen LogP contribution >= 0.6 is 0 Å². The Labute approximate surface area is 199 Å². The van der Waals surface area contributed by atoms with Gasteiger partial charge in [-0.1, -0.05) is 79.4 Å². The van der Waals surface area contributed by atoms with E-state index in [0.717, 1.165) is 46.1 Å². The van der Waals surface area contributed by atoms with E-state index < -0.39 is 17.8 Å². The number of hydrogen-bond acceptors (Lipinski definition) is 2. The van der Waals surface area contributed by atoms with Crippen LogP contribution in [0.2, 0.25) is 0 Å². The predicted molar refractivity (Wildman–Crippen MR) is 133 cm³/mol. The molecule has 1 aliphatic carbocycles. The standard InChI is InChI=1S/C30H28F2O2/c1-21(33-3)13-14-23(19-20-29(2,31)32)30(22-15-17-24(34-4)18-16-22)27-11-7-5-9-25(27)26-10-6-8-12-28(26)30/h5-19H,1,20H2,2-4H3/b14-13-,23-19+. The van der Waals surface area contributed by atoms with Crippen LogP contribution in [0.15, 0.2) is 109 Å². The van der Waals surface area contributed by atoms with Crippen molar-refractivity contribution in [2.75, 3.05) is 14.2 Å². The summed E-state index contributed by atoms with van der Waals surface area (Å²) in [6.07, 6.45) is 4.83. The Balaban J connectivity index is 2.09. The molecule has 0 N–H and O–H groups in total. The van der Waals surface area contributed by atoms with Gasteiger partial charge in [-0.2, -0.15) is 0 Å². The van der Waals surface area contributed by atoms with Crippen molar-refractivity contribution >= 4 is 0 Å². The van der Waals surface area contributed by atoms with Crippen LogP contribution in [0.25, 0.3) is 11.1 Å². The molecular weight excluding hydrogens is 430 g/mol. The summed E-state index contributed by atoms with van der Waals surface area (Å²) < 4.78 is 38.9.